The van der Waals surface area contributed by atoms with Crippen molar-refractivity contribution in [3.63, 3.8) is 0 Å². The molecule has 3 fully saturated rings. The summed E-state index contributed by atoms with van der Waals surface area (Å²) in [4.78, 5) is 61.2. The summed E-state index contributed by atoms with van der Waals surface area (Å²) in [6.45, 7) is 6.98. The molecule has 5 atom stereocenters. The minimum Gasteiger partial charge on any atom is -0.497 e. The van der Waals surface area contributed by atoms with Crippen molar-refractivity contribution in [2.75, 3.05) is 60.2 Å². The van der Waals surface area contributed by atoms with E-state index in [1.165, 1.54) is 25.8 Å². The van der Waals surface area contributed by atoms with Gasteiger partial charge < -0.3 is 44.1 Å². The Morgan fingerprint density at radius 3 is 2.30 bits per heavy atom. The van der Waals surface area contributed by atoms with E-state index in [4.69, 9.17) is 29.4 Å². The summed E-state index contributed by atoms with van der Waals surface area (Å²) in [5.41, 5.74) is 4.34. The standard InChI is InChI=1S/C30H38N4O9S/c1-6-32(7-2)16-28(44-19-10-8-18(39-4)9-11-19)26(37)23-22(25(36)30(28)42-12-13-43-30)20(15-41-27(31)38)29(40-5)24-21(14-33(23)29)34(24)17(3)35/h8-11,20-21,24H,6-7,12-16H2,1-5H3,(H2,31,38)/t20-,21+,24+,28?,29-,34?/m1/s1. The summed E-state index contributed by atoms with van der Waals surface area (Å²) in [7, 11) is 3.05. The summed E-state index contributed by atoms with van der Waals surface area (Å²) in [6.07, 6.45) is -1.03. The third-order valence-electron chi connectivity index (χ3n) is 9.65. The van der Waals surface area contributed by atoms with Crippen molar-refractivity contribution in [1.29, 1.82) is 0 Å². The van der Waals surface area contributed by atoms with Gasteiger partial charge in [0.15, 0.2) is 10.5 Å². The minimum absolute atomic E-state index is 0.106. The molecule has 238 valence electrons. The second kappa shape index (κ2) is 11.0. The van der Waals surface area contributed by atoms with Gasteiger partial charge in [-0.1, -0.05) is 13.8 Å². The lowest BCUT2D eigenvalue weighted by molar-refractivity contribution is -0.194. The Balaban J connectivity index is 1.56. The second-order valence-corrected chi connectivity index (χ2v) is 12.9. The van der Waals surface area contributed by atoms with Crippen molar-refractivity contribution in [2.24, 2.45) is 11.7 Å². The van der Waals surface area contributed by atoms with Crippen LogP contribution in [0.3, 0.4) is 0 Å². The van der Waals surface area contributed by atoms with Crippen LogP contribution < -0.4 is 10.5 Å². The molecular weight excluding hydrogens is 592 g/mol. The number of nitrogens with zero attached hydrogens (tertiary/aromatic N) is 3. The maximum Gasteiger partial charge on any atom is 0.404 e. The largest absolute Gasteiger partial charge is 0.497 e. The van der Waals surface area contributed by atoms with Crippen LogP contribution in [0.1, 0.15) is 20.8 Å². The molecule has 4 aliphatic heterocycles. The molecule has 1 aromatic carbocycles. The Morgan fingerprint density at radius 1 is 1.09 bits per heavy atom. The van der Waals surface area contributed by atoms with Gasteiger partial charge in [0.1, 0.15) is 18.4 Å². The maximum absolute atomic E-state index is 15.4. The molecule has 1 spiro atoms. The van der Waals surface area contributed by atoms with Gasteiger partial charge in [0.25, 0.3) is 5.79 Å². The molecule has 4 heterocycles. The lowest BCUT2D eigenvalue weighted by Gasteiger charge is -2.49. The van der Waals surface area contributed by atoms with E-state index in [0.717, 1.165) is 4.90 Å². The predicted molar refractivity (Wildman–Crippen MR) is 157 cm³/mol. The van der Waals surface area contributed by atoms with Gasteiger partial charge in [-0.2, -0.15) is 0 Å². The molecule has 2 amide bonds. The van der Waals surface area contributed by atoms with Gasteiger partial charge in [-0.15, -0.1) is 11.8 Å². The topological polar surface area (TPSA) is 150 Å². The molecule has 1 aromatic rings. The minimum atomic E-state index is -1.97. The van der Waals surface area contributed by atoms with E-state index in [9.17, 15) is 9.59 Å². The highest BCUT2D eigenvalue weighted by molar-refractivity contribution is 8.01. The molecule has 0 aromatic heterocycles. The summed E-state index contributed by atoms with van der Waals surface area (Å²) in [5, 5.41) is 0. The Labute approximate surface area is 259 Å². The highest BCUT2D eigenvalue weighted by atomic mass is 32.2. The molecule has 0 bridgehead atoms. The van der Waals surface area contributed by atoms with Crippen molar-refractivity contribution in [3.8, 4) is 5.75 Å². The molecule has 6 rings (SSSR count). The van der Waals surface area contributed by atoms with Crippen LogP contribution in [0.5, 0.6) is 5.75 Å². The maximum atomic E-state index is 15.4. The van der Waals surface area contributed by atoms with Gasteiger partial charge in [-0.25, -0.2) is 4.79 Å². The van der Waals surface area contributed by atoms with Crippen LogP contribution in [0, 0.1) is 5.92 Å². The predicted octanol–water partition coefficient (Wildman–Crippen LogP) is 1.000. The normalized spacial score (nSPS) is 31.5. The number of benzene rings is 1. The van der Waals surface area contributed by atoms with Crippen molar-refractivity contribution < 1.29 is 42.9 Å². The number of allylic oxidation sites excluding steroid dienone is 1. The van der Waals surface area contributed by atoms with Gasteiger partial charge in [0, 0.05) is 37.6 Å². The first-order chi connectivity index (χ1) is 21.1. The van der Waals surface area contributed by atoms with Crippen molar-refractivity contribution in [2.45, 2.75) is 54.0 Å². The quantitative estimate of drug-likeness (QED) is 0.368. The molecule has 1 aliphatic carbocycles. The molecule has 13 nitrogen and oxygen atoms in total. The van der Waals surface area contributed by atoms with Crippen molar-refractivity contribution in [1.82, 2.24) is 14.7 Å². The number of nitrogens with two attached hydrogens (primary N) is 1. The number of Topliss-reactive ketones (excluding diaryl/α,β-unsaturated/α-hetero) is 2. The number of carbonyl (C=O) groups is 4. The number of amides is 2. The van der Waals surface area contributed by atoms with E-state index >= 15 is 9.59 Å². The summed E-state index contributed by atoms with van der Waals surface area (Å²) in [5.74, 6) is -3.28. The zero-order valence-corrected chi connectivity index (χ0v) is 26.3. The zero-order valence-electron chi connectivity index (χ0n) is 25.5. The van der Waals surface area contributed by atoms with Crippen LogP contribution in [0.4, 0.5) is 4.79 Å². The Morgan fingerprint density at radius 2 is 1.75 bits per heavy atom. The van der Waals surface area contributed by atoms with Gasteiger partial charge in [0.2, 0.25) is 17.5 Å². The summed E-state index contributed by atoms with van der Waals surface area (Å²) in [6, 6.07) is 6.57. The number of methoxy groups -OCH3 is 2. The number of primary amides is 1. The summed E-state index contributed by atoms with van der Waals surface area (Å²) < 4.78 is 27.9. The fourth-order valence-electron chi connectivity index (χ4n) is 7.70. The van der Waals surface area contributed by atoms with E-state index in [-0.39, 0.29) is 61.9 Å². The van der Waals surface area contributed by atoms with E-state index < -0.39 is 40.1 Å². The van der Waals surface area contributed by atoms with Crippen LogP contribution >= 0.6 is 11.8 Å². The number of carbonyl (C=O) groups excluding carboxylic acids is 4. The van der Waals surface area contributed by atoms with Crippen LogP contribution in [-0.4, -0.2) is 127 Å². The lowest BCUT2D eigenvalue weighted by atomic mass is 9.74. The zero-order chi connectivity index (χ0) is 31.6. The van der Waals surface area contributed by atoms with E-state index in [1.807, 2.05) is 26.0 Å². The molecule has 0 saturated carbocycles. The first-order valence-electron chi connectivity index (χ1n) is 14.8. The molecule has 1 unspecified atom stereocenters. The monoisotopic (exact) mass is 630 g/mol. The average molecular weight is 631 g/mol. The molecule has 0 radical (unpaired) electrons. The van der Waals surface area contributed by atoms with Crippen LogP contribution in [0.15, 0.2) is 40.4 Å². The number of thioether (sulfide) groups is 1. The van der Waals surface area contributed by atoms with Crippen molar-refractivity contribution in [3.05, 3.63) is 35.5 Å². The van der Waals surface area contributed by atoms with Crippen LogP contribution in [-0.2, 0) is 33.3 Å². The molecule has 14 heteroatoms. The second-order valence-electron chi connectivity index (χ2n) is 11.5. The SMILES string of the molecule is CCN(CC)CC1(Sc2ccc(OC)cc2)C(=O)C2=C(C(=O)C13OCCO3)[C@@H](COC(N)=O)[C@@]1(OC)[C@@H]3[C@H](CN21)N3C(C)=O. The molecule has 3 saturated heterocycles. The molecule has 44 heavy (non-hydrogen) atoms. The Bertz CT molecular complexity index is 1410. The third-order valence-corrected chi connectivity index (χ3v) is 11.1. The van der Waals surface area contributed by atoms with E-state index in [0.29, 0.717) is 18.8 Å². The molecule has 2 N–H and O–H groups in total. The smallest absolute Gasteiger partial charge is 0.404 e. The van der Waals surface area contributed by atoms with Gasteiger partial charge in [-0.05, 0) is 37.4 Å². The number of ether oxygens (including phenoxy) is 5. The van der Waals surface area contributed by atoms with Gasteiger partial charge in [0.05, 0.1) is 38.0 Å². The fraction of sp³-hybridized carbons (Fsp3) is 0.600. The number of hydrogen-bond acceptors (Lipinski definition) is 12. The lowest BCUT2D eigenvalue weighted by Crippen LogP contribution is -2.70. The number of hydrogen-bond donors (Lipinski definition) is 1. The van der Waals surface area contributed by atoms with Crippen LogP contribution in [0.2, 0.25) is 0 Å². The number of rotatable bonds is 10. The first kappa shape index (κ1) is 30.8. The van der Waals surface area contributed by atoms with Crippen LogP contribution in [0.25, 0.3) is 0 Å². The Hall–Kier alpha value is -3.17. The Kier molecular flexibility index (Phi) is 7.72. The third kappa shape index (κ3) is 4.07. The number of fused-ring (bicyclic) bond motifs is 4. The highest BCUT2D eigenvalue weighted by Gasteiger charge is 2.81. The molecule has 5 aliphatic rings. The first-order valence-corrected chi connectivity index (χ1v) is 15.6. The average Bonchev–Trinajstić information content (AvgIpc) is 3.29. The molecular formula is C30H38N4O9S. The van der Waals surface area contributed by atoms with Crippen molar-refractivity contribution >= 4 is 35.3 Å². The number of piperazine rings is 1. The fourth-order valence-corrected chi connectivity index (χ4v) is 9.15. The van der Waals surface area contributed by atoms with Gasteiger partial charge in [-0.3, -0.25) is 14.4 Å². The highest BCUT2D eigenvalue weighted by Crippen LogP contribution is 2.63. The van der Waals surface area contributed by atoms with E-state index in [1.54, 1.807) is 29.0 Å². The van der Waals surface area contributed by atoms with E-state index in [2.05, 4.69) is 4.90 Å². The number of ketones is 2. The van der Waals surface area contributed by atoms with Gasteiger partial charge >= 0.3 is 6.09 Å². The summed E-state index contributed by atoms with van der Waals surface area (Å²) >= 11 is 1.24.